The molecular formula is C68H76N2O12S2. The predicted octanol–water partition coefficient (Wildman–Crippen LogP) is 8.73. The van der Waals surface area contributed by atoms with Gasteiger partial charge in [-0.2, -0.15) is 0 Å². The number of nitrogens with one attached hydrogen (secondary N) is 2. The number of hydrogen-bond acceptors (Lipinski definition) is 16. The molecule has 84 heavy (non-hydrogen) atoms. The van der Waals surface area contributed by atoms with Gasteiger partial charge in [0.05, 0.1) is 36.4 Å². The molecule has 18 atom stereocenters. The molecule has 0 amide bonds. The van der Waals surface area contributed by atoms with Gasteiger partial charge in [0.25, 0.3) is 0 Å². The van der Waals surface area contributed by atoms with Crippen LogP contribution >= 0.6 is 21.6 Å². The molecule has 4 heterocycles. The molecule has 6 spiro atoms. The van der Waals surface area contributed by atoms with Crippen LogP contribution in [0.5, 0.6) is 11.5 Å². The van der Waals surface area contributed by atoms with Gasteiger partial charge in [0.15, 0.2) is 17.7 Å². The third-order valence-electron chi connectivity index (χ3n) is 25.0. The summed E-state index contributed by atoms with van der Waals surface area (Å²) in [7, 11) is 2.87. The lowest BCUT2D eigenvalue weighted by molar-refractivity contribution is -0.461. The number of hydrogen-bond donors (Lipinski definition) is 9. The number of aliphatic hydroxyl groups is 6. The minimum atomic E-state index is -2.35. The molecule has 3 aromatic carbocycles. The largest absolute Gasteiger partial charge is 0.511 e. The van der Waals surface area contributed by atoms with Crippen LogP contribution in [0.25, 0.3) is 0 Å². The summed E-state index contributed by atoms with van der Waals surface area (Å²) < 4.78 is 14.3. The Morgan fingerprint density at radius 1 is 0.810 bits per heavy atom. The Hall–Kier alpha value is -4.91. The van der Waals surface area contributed by atoms with E-state index in [2.05, 4.69) is 22.8 Å². The number of carbonyl (C=O) groups excluding carboxylic acids is 3. The molecule has 4 aliphatic heterocycles. The van der Waals surface area contributed by atoms with Crippen LogP contribution in [-0.2, 0) is 29.0 Å². The van der Waals surface area contributed by atoms with Crippen molar-refractivity contribution in [2.75, 3.05) is 24.8 Å². The van der Waals surface area contributed by atoms with Gasteiger partial charge in [-0.3, -0.25) is 9.59 Å². The first-order valence-corrected chi connectivity index (χ1v) is 33.5. The van der Waals surface area contributed by atoms with Crippen molar-refractivity contribution in [1.29, 1.82) is 0 Å². The Morgan fingerprint density at radius 3 is 2.46 bits per heavy atom. The number of phenols is 1. The van der Waals surface area contributed by atoms with Crippen molar-refractivity contribution in [1.82, 2.24) is 10.6 Å². The van der Waals surface area contributed by atoms with Crippen LogP contribution in [0.15, 0.2) is 113 Å². The van der Waals surface area contributed by atoms with Crippen LogP contribution in [0.3, 0.4) is 0 Å². The molecule has 14 aliphatic rings. The minimum Gasteiger partial charge on any atom is -0.511 e. The fourth-order valence-electron chi connectivity index (χ4n) is 22.2. The molecule has 10 bridgehead atoms. The lowest BCUT2D eigenvalue weighted by Crippen LogP contribution is -2.88. The number of ketones is 2. The highest BCUT2D eigenvalue weighted by atomic mass is 33.1. The summed E-state index contributed by atoms with van der Waals surface area (Å²) in [5.41, 5.74) is -1.15. The van der Waals surface area contributed by atoms with E-state index < -0.39 is 81.4 Å². The molecule has 17 rings (SSSR count). The Bertz CT molecular complexity index is 3470. The predicted molar refractivity (Wildman–Crippen MR) is 315 cm³/mol. The number of phenolic OH excluding ortho intramolecular Hbond substituents is 1. The van der Waals surface area contributed by atoms with Gasteiger partial charge in [-0.15, -0.1) is 0 Å². The maximum atomic E-state index is 15.9. The molecule has 10 aliphatic carbocycles. The summed E-state index contributed by atoms with van der Waals surface area (Å²) in [5, 5.41) is 93.7. The van der Waals surface area contributed by atoms with Crippen molar-refractivity contribution in [3.63, 3.8) is 0 Å². The molecule has 442 valence electrons. The van der Waals surface area contributed by atoms with Gasteiger partial charge in [-0.25, -0.2) is 0 Å². The lowest BCUT2D eigenvalue weighted by atomic mass is 9.42. The molecule has 8 fully saturated rings. The van der Waals surface area contributed by atoms with Crippen molar-refractivity contribution >= 4 is 39.4 Å². The summed E-state index contributed by atoms with van der Waals surface area (Å²) in [6.07, 6.45) is 16.2. The summed E-state index contributed by atoms with van der Waals surface area (Å²) >= 11 is 0. The molecule has 2 saturated heterocycles. The first-order chi connectivity index (χ1) is 40.5. The van der Waals surface area contributed by atoms with Crippen LogP contribution in [0.4, 0.5) is 0 Å². The molecule has 3 aromatic rings. The fraction of sp³-hybridized carbons (Fsp3) is 0.574. The maximum absolute atomic E-state index is 15.9. The van der Waals surface area contributed by atoms with Crippen molar-refractivity contribution in [2.45, 2.75) is 139 Å². The third-order valence-corrected chi connectivity index (χ3v) is 27.2. The van der Waals surface area contributed by atoms with Crippen LogP contribution < -0.4 is 15.4 Å². The number of aliphatic hydroxyl groups excluding tert-OH is 5. The summed E-state index contributed by atoms with van der Waals surface area (Å²) in [6.45, 7) is -0.273. The first-order valence-electron chi connectivity index (χ1n) is 31.0. The molecule has 0 aromatic heterocycles. The van der Waals surface area contributed by atoms with Gasteiger partial charge >= 0.3 is 0 Å². The van der Waals surface area contributed by atoms with Crippen molar-refractivity contribution < 1.29 is 59.6 Å². The van der Waals surface area contributed by atoms with Gasteiger partial charge in [0, 0.05) is 41.5 Å². The quantitative estimate of drug-likeness (QED) is 0.0795. The Kier molecular flexibility index (Phi) is 12.2. The number of allylic oxidation sites excluding steroid dienone is 6. The van der Waals surface area contributed by atoms with E-state index in [1.54, 1.807) is 36.4 Å². The zero-order valence-electron chi connectivity index (χ0n) is 47.3. The van der Waals surface area contributed by atoms with Gasteiger partial charge in [-0.05, 0) is 206 Å². The first kappa shape index (κ1) is 54.5. The number of benzene rings is 3. The fourth-order valence-corrected chi connectivity index (χ4v) is 24.5. The van der Waals surface area contributed by atoms with Crippen molar-refractivity contribution in [3.05, 3.63) is 141 Å². The van der Waals surface area contributed by atoms with Crippen LogP contribution in [0.1, 0.15) is 127 Å². The normalized spacial score (nSPS) is 44.5. The molecule has 0 radical (unpaired) electrons. The number of aromatic hydroxyl groups is 1. The SMILES string of the molecule is O=C[C@H]1C[C@]2(CC[C@@]3(CC[C@@H](Cc4cccc(O)c4)C3)C2)C[C@]12C[C@H]1C[C@H]3C[C@@H]4[C@@H]5[C@]1(C2)C1=C3CNC(=C1)NCSSC[C@]12C(=O)c3c(cccc3C(=O)[C@H]1C=C(Cc1cccc(CO)c1)C=C2O)O[C@]12CC[C@@H]4[C@](CO)(O1)[C@@H](O)[C@]5(O)[C@H]2O. The monoisotopic (exact) mass is 1180 g/mol. The molecule has 6 saturated carbocycles. The highest BCUT2D eigenvalue weighted by Gasteiger charge is 2.84. The van der Waals surface area contributed by atoms with E-state index in [-0.39, 0.29) is 75.9 Å². The number of ether oxygens (including phenoxy) is 2. The summed E-state index contributed by atoms with van der Waals surface area (Å²) in [6, 6.07) is 19.9. The minimum absolute atomic E-state index is 0.0119. The zero-order valence-corrected chi connectivity index (χ0v) is 48.9. The average Bonchev–Trinajstić information content (AvgIpc) is 1.28. The number of aldehydes is 1. The standard InChI is InChI=1S/C68H76N2O12S2/c71-29-40-6-1-4-37(17-40)18-41-20-51-56(76)46-8-3-9-52-55(46)58(77)65(51,53(75)21-41)35-83-84-36-70-54-24-50-48(28-69-54)42-22-43-27-63(32-62(26-44(63)30-72)15-14-61(31-62)12-10-39(25-61)16-38-5-2-7-45(74)19-38)33-64(43,50)57-47(23-42)49-11-13-67(81-52)60(79)68(57,80)59(78)66(49,34-73)82-67/h1-9,17,19-21,24,30,39,42-44,47,49,51,57,59-60,69-71,73-75,78-80H,10-16,18,22-23,25-29,31-36H2/t39-,42-,43+,44+,47-,49-,51+,57+,59+,60-,61+,62-,63-,64-,65-,66-,67+,68-/m0/s1. The second-order valence-electron chi connectivity index (χ2n) is 28.8. The molecular weight excluding hydrogens is 1100 g/mol. The summed E-state index contributed by atoms with van der Waals surface area (Å²) in [4.78, 5) is 45.4. The lowest BCUT2D eigenvalue weighted by Gasteiger charge is -2.72. The van der Waals surface area contributed by atoms with E-state index in [9.17, 15) is 40.5 Å². The van der Waals surface area contributed by atoms with Crippen LogP contribution in [0, 0.1) is 74.4 Å². The number of dihydropyridines is 1. The second kappa shape index (κ2) is 18.8. The Balaban J connectivity index is 0.806. The highest BCUT2D eigenvalue weighted by Crippen LogP contribution is 2.81. The average molecular weight is 1180 g/mol. The van der Waals surface area contributed by atoms with E-state index in [4.69, 9.17) is 9.47 Å². The Morgan fingerprint density at radius 2 is 1.63 bits per heavy atom. The topological polar surface area (TPSA) is 235 Å². The number of rotatable bonds is 7. The highest BCUT2D eigenvalue weighted by molar-refractivity contribution is 8.76. The van der Waals surface area contributed by atoms with Crippen LogP contribution in [-0.4, -0.2) is 108 Å². The van der Waals surface area contributed by atoms with E-state index in [1.807, 2.05) is 36.4 Å². The van der Waals surface area contributed by atoms with E-state index >= 15 is 9.59 Å². The number of carbonyl (C=O) groups is 3. The van der Waals surface area contributed by atoms with Crippen LogP contribution in [0.2, 0.25) is 0 Å². The van der Waals surface area contributed by atoms with Gasteiger partial charge in [0.1, 0.15) is 46.3 Å². The maximum Gasteiger partial charge on any atom is 0.240 e. The van der Waals surface area contributed by atoms with E-state index in [1.165, 1.54) is 39.0 Å². The molecule has 9 N–H and O–H groups in total. The van der Waals surface area contributed by atoms with E-state index in [0.29, 0.717) is 55.3 Å². The molecule has 14 nitrogen and oxygen atoms in total. The molecule has 16 heteroatoms. The number of Topliss-reactive ketones (excluding diaryl/α,β-unsaturated/α-hetero) is 2. The van der Waals surface area contributed by atoms with Crippen molar-refractivity contribution in [2.24, 2.45) is 74.4 Å². The van der Waals surface area contributed by atoms with E-state index in [0.717, 1.165) is 93.2 Å². The van der Waals surface area contributed by atoms with Gasteiger partial charge in [-0.1, -0.05) is 76.2 Å². The smallest absolute Gasteiger partial charge is 0.240 e. The third kappa shape index (κ3) is 7.31. The van der Waals surface area contributed by atoms with Crippen molar-refractivity contribution in [3.8, 4) is 11.5 Å². The molecule has 0 unspecified atom stereocenters. The zero-order chi connectivity index (χ0) is 57.6. The van der Waals surface area contributed by atoms with Gasteiger partial charge < -0.3 is 60.6 Å². The second-order valence-corrected chi connectivity index (χ2v) is 31.3. The summed E-state index contributed by atoms with van der Waals surface area (Å²) in [5.74, 6) is -4.17. The van der Waals surface area contributed by atoms with Gasteiger partial charge in [0.2, 0.25) is 5.79 Å². The Labute approximate surface area is 497 Å².